The van der Waals surface area contributed by atoms with E-state index in [9.17, 15) is 4.79 Å². The van der Waals surface area contributed by atoms with Crippen LogP contribution in [0.15, 0.2) is 29.3 Å². The largest absolute Gasteiger partial charge is 0.497 e. The molecule has 1 heterocycles. The first-order valence-electron chi connectivity index (χ1n) is 6.42. The second-order valence-corrected chi connectivity index (χ2v) is 6.64. The predicted octanol–water partition coefficient (Wildman–Crippen LogP) is 3.47. The van der Waals surface area contributed by atoms with E-state index in [2.05, 4.69) is 30.7 Å². The lowest BCUT2D eigenvalue weighted by molar-refractivity contribution is 0.404. The first-order valence-corrected chi connectivity index (χ1v) is 7.50. The Bertz CT molecular complexity index is 705. The number of rotatable bonds is 3. The van der Waals surface area contributed by atoms with Gasteiger partial charge in [0.1, 0.15) is 15.1 Å². The Morgan fingerprint density at radius 3 is 2.62 bits per heavy atom. The molecule has 0 radical (unpaired) electrons. The van der Waals surface area contributed by atoms with E-state index in [0.717, 1.165) is 11.3 Å². The van der Waals surface area contributed by atoms with Crippen molar-refractivity contribution < 1.29 is 9.47 Å². The monoisotopic (exact) mass is 400 g/mol. The van der Waals surface area contributed by atoms with Crippen LogP contribution in [0.1, 0.15) is 26.3 Å². The van der Waals surface area contributed by atoms with Crippen LogP contribution in [0.3, 0.4) is 0 Å². The average molecular weight is 400 g/mol. The van der Waals surface area contributed by atoms with Gasteiger partial charge in [0, 0.05) is 5.56 Å². The van der Waals surface area contributed by atoms with E-state index < -0.39 is 0 Å². The van der Waals surface area contributed by atoms with Crippen molar-refractivity contribution in [3.63, 3.8) is 0 Å². The number of benzene rings is 1. The van der Waals surface area contributed by atoms with Crippen molar-refractivity contribution in [2.75, 3.05) is 7.11 Å². The maximum Gasteiger partial charge on any atom is 0.268 e. The standard InChI is InChI=1S/C15H17IN2O3/c1-15(2,3)10-7-9(20-4)5-6-11(10)21-14-12(16)13(19)17-8-18-14/h5-8H,1-4H3,(H,17,18,19). The summed E-state index contributed by atoms with van der Waals surface area (Å²) < 4.78 is 11.5. The minimum atomic E-state index is -0.216. The van der Waals surface area contributed by atoms with Gasteiger partial charge >= 0.3 is 0 Å². The Labute approximate surface area is 136 Å². The molecule has 0 atom stereocenters. The number of aromatic nitrogens is 2. The number of nitrogens with one attached hydrogen (secondary N) is 1. The van der Waals surface area contributed by atoms with Crippen molar-refractivity contribution in [1.82, 2.24) is 9.97 Å². The van der Waals surface area contributed by atoms with Crippen LogP contribution in [0.25, 0.3) is 0 Å². The van der Waals surface area contributed by atoms with E-state index >= 15 is 0 Å². The summed E-state index contributed by atoms with van der Waals surface area (Å²) in [5, 5.41) is 0. The number of H-pyrrole nitrogens is 1. The molecular weight excluding hydrogens is 383 g/mol. The molecule has 0 saturated heterocycles. The molecule has 5 nitrogen and oxygen atoms in total. The molecule has 0 saturated carbocycles. The van der Waals surface area contributed by atoms with Crippen molar-refractivity contribution >= 4 is 22.6 Å². The fourth-order valence-corrected chi connectivity index (χ4v) is 2.26. The minimum absolute atomic E-state index is 0.128. The van der Waals surface area contributed by atoms with Gasteiger partial charge in [0.05, 0.1) is 13.4 Å². The normalized spacial score (nSPS) is 11.3. The van der Waals surface area contributed by atoms with Crippen molar-refractivity contribution in [2.24, 2.45) is 0 Å². The van der Waals surface area contributed by atoms with Gasteiger partial charge in [-0.15, -0.1) is 0 Å². The van der Waals surface area contributed by atoms with Gasteiger partial charge in [0.15, 0.2) is 0 Å². The third-order valence-electron chi connectivity index (χ3n) is 2.97. The lowest BCUT2D eigenvalue weighted by Gasteiger charge is -2.23. The Hall–Kier alpha value is -1.57. The molecule has 1 aromatic carbocycles. The molecule has 0 amide bonds. The van der Waals surface area contributed by atoms with E-state index in [4.69, 9.17) is 9.47 Å². The summed E-state index contributed by atoms with van der Waals surface area (Å²) in [4.78, 5) is 18.2. The Morgan fingerprint density at radius 2 is 2.00 bits per heavy atom. The summed E-state index contributed by atoms with van der Waals surface area (Å²) in [7, 11) is 1.63. The highest BCUT2D eigenvalue weighted by atomic mass is 127. The Kier molecular flexibility index (Phi) is 4.55. The van der Waals surface area contributed by atoms with E-state index in [-0.39, 0.29) is 11.0 Å². The lowest BCUT2D eigenvalue weighted by atomic mass is 9.86. The van der Waals surface area contributed by atoms with Gasteiger partial charge in [-0.25, -0.2) is 4.98 Å². The van der Waals surface area contributed by atoms with E-state index in [1.54, 1.807) is 7.11 Å². The van der Waals surface area contributed by atoms with Gasteiger partial charge in [0.25, 0.3) is 5.56 Å². The molecule has 0 aliphatic carbocycles. The molecule has 1 N–H and O–H groups in total. The number of nitrogens with zero attached hydrogens (tertiary/aromatic N) is 1. The second-order valence-electron chi connectivity index (χ2n) is 5.56. The molecule has 2 rings (SSSR count). The fourth-order valence-electron chi connectivity index (χ4n) is 1.85. The molecule has 0 fully saturated rings. The third-order valence-corrected chi connectivity index (χ3v) is 3.92. The molecule has 2 aromatic rings. The molecule has 112 valence electrons. The molecule has 1 aromatic heterocycles. The molecule has 0 unspecified atom stereocenters. The van der Waals surface area contributed by atoms with Crippen LogP contribution in [-0.2, 0) is 5.41 Å². The van der Waals surface area contributed by atoms with Crippen molar-refractivity contribution in [3.8, 4) is 17.4 Å². The van der Waals surface area contributed by atoms with Gasteiger partial charge in [0.2, 0.25) is 5.88 Å². The summed E-state index contributed by atoms with van der Waals surface area (Å²) in [5.74, 6) is 1.73. The molecule has 0 aliphatic rings. The zero-order valence-electron chi connectivity index (χ0n) is 12.4. The SMILES string of the molecule is COc1ccc(Oc2nc[nH]c(=O)c2I)c(C(C)(C)C)c1. The van der Waals surface area contributed by atoms with Crippen LogP contribution < -0.4 is 15.0 Å². The van der Waals surface area contributed by atoms with Crippen LogP contribution in [0.2, 0.25) is 0 Å². The fraction of sp³-hybridized carbons (Fsp3) is 0.333. The maximum atomic E-state index is 11.6. The Balaban J connectivity index is 2.49. The van der Waals surface area contributed by atoms with Gasteiger partial charge in [-0.2, -0.15) is 0 Å². The van der Waals surface area contributed by atoms with Crippen LogP contribution in [-0.4, -0.2) is 17.1 Å². The lowest BCUT2D eigenvalue weighted by Crippen LogP contribution is -2.15. The van der Waals surface area contributed by atoms with Crippen LogP contribution in [0.5, 0.6) is 17.4 Å². The zero-order chi connectivity index (χ0) is 15.6. The highest BCUT2D eigenvalue weighted by Crippen LogP contribution is 2.36. The predicted molar refractivity (Wildman–Crippen MR) is 89.3 cm³/mol. The third kappa shape index (κ3) is 3.55. The Morgan fingerprint density at radius 1 is 1.29 bits per heavy atom. The van der Waals surface area contributed by atoms with Crippen molar-refractivity contribution in [1.29, 1.82) is 0 Å². The van der Waals surface area contributed by atoms with E-state index in [0.29, 0.717) is 15.2 Å². The smallest absolute Gasteiger partial charge is 0.268 e. The number of halogens is 1. The van der Waals surface area contributed by atoms with Crippen LogP contribution in [0, 0.1) is 3.57 Å². The average Bonchev–Trinajstić information content (AvgIpc) is 2.43. The summed E-state index contributed by atoms with van der Waals surface area (Å²) in [6.45, 7) is 6.26. The first kappa shape index (κ1) is 15.8. The zero-order valence-corrected chi connectivity index (χ0v) is 14.5. The minimum Gasteiger partial charge on any atom is -0.497 e. The van der Waals surface area contributed by atoms with Gasteiger partial charge in [-0.3, -0.25) is 4.79 Å². The number of hydrogen-bond donors (Lipinski definition) is 1. The molecule has 0 aliphatic heterocycles. The summed E-state index contributed by atoms with van der Waals surface area (Å²) in [6, 6.07) is 5.60. The van der Waals surface area contributed by atoms with E-state index in [1.165, 1.54) is 6.33 Å². The van der Waals surface area contributed by atoms with Crippen LogP contribution in [0.4, 0.5) is 0 Å². The van der Waals surface area contributed by atoms with Crippen molar-refractivity contribution in [2.45, 2.75) is 26.2 Å². The van der Waals surface area contributed by atoms with Gasteiger partial charge in [-0.1, -0.05) is 20.8 Å². The van der Waals surface area contributed by atoms with Gasteiger partial charge in [-0.05, 0) is 46.2 Å². The van der Waals surface area contributed by atoms with Gasteiger partial charge < -0.3 is 14.5 Å². The second kappa shape index (κ2) is 6.05. The molecular formula is C15H17IN2O3. The highest BCUT2D eigenvalue weighted by Gasteiger charge is 2.21. The molecule has 0 bridgehead atoms. The topological polar surface area (TPSA) is 64.2 Å². The number of methoxy groups -OCH3 is 1. The summed E-state index contributed by atoms with van der Waals surface area (Å²) in [6.07, 6.45) is 1.33. The summed E-state index contributed by atoms with van der Waals surface area (Å²) >= 11 is 1.92. The quantitative estimate of drug-likeness (QED) is 0.802. The molecule has 6 heteroatoms. The van der Waals surface area contributed by atoms with Crippen LogP contribution >= 0.6 is 22.6 Å². The highest BCUT2D eigenvalue weighted by molar-refractivity contribution is 14.1. The summed E-state index contributed by atoms with van der Waals surface area (Å²) in [5.41, 5.74) is 0.641. The first-order chi connectivity index (χ1) is 9.82. The molecule has 0 spiro atoms. The maximum absolute atomic E-state index is 11.6. The number of hydrogen-bond acceptors (Lipinski definition) is 4. The number of ether oxygens (including phenoxy) is 2. The number of aromatic amines is 1. The molecule has 21 heavy (non-hydrogen) atoms. The van der Waals surface area contributed by atoms with E-state index in [1.807, 2.05) is 40.8 Å². The van der Waals surface area contributed by atoms with Crippen molar-refractivity contribution in [3.05, 3.63) is 44.0 Å².